The Hall–Kier alpha value is -3.89. The number of amides is 2. The highest BCUT2D eigenvalue weighted by atomic mass is 16.8. The maximum atomic E-state index is 13.5. The van der Waals surface area contributed by atoms with E-state index in [0.717, 1.165) is 0 Å². The van der Waals surface area contributed by atoms with Crippen molar-refractivity contribution in [1.29, 1.82) is 0 Å². The molecule has 2 aromatic heterocycles. The second-order valence-electron chi connectivity index (χ2n) is 11.2. The molecule has 4 atom stereocenters. The molecule has 0 bridgehead atoms. The first kappa shape index (κ1) is 30.1. The fourth-order valence-corrected chi connectivity index (χ4v) is 4.72. The lowest BCUT2D eigenvalue weighted by Crippen LogP contribution is -2.40. The van der Waals surface area contributed by atoms with Crippen molar-refractivity contribution in [3.63, 3.8) is 0 Å². The fraction of sp³-hybridized carbons (Fsp3) is 0.640. The van der Waals surface area contributed by atoms with Crippen LogP contribution in [0.5, 0.6) is 0 Å². The van der Waals surface area contributed by atoms with E-state index in [1.165, 1.54) is 27.2 Å². The lowest BCUT2D eigenvalue weighted by Gasteiger charge is -2.25. The number of carbonyl (C=O) groups is 2. The van der Waals surface area contributed by atoms with E-state index in [1.807, 2.05) is 0 Å². The summed E-state index contributed by atoms with van der Waals surface area (Å²) in [5.41, 5.74) is 3.96. The molecule has 2 aromatic rings. The number of anilines is 1. The minimum atomic E-state index is -1.07. The Labute approximate surface area is 235 Å². The Morgan fingerprint density at radius 3 is 2.61 bits per heavy atom. The molecule has 0 spiro atoms. The second-order valence-corrected chi connectivity index (χ2v) is 11.2. The van der Waals surface area contributed by atoms with Gasteiger partial charge in [0.1, 0.15) is 30.5 Å². The summed E-state index contributed by atoms with van der Waals surface area (Å²) < 4.78 is 31.4. The van der Waals surface area contributed by atoms with Crippen molar-refractivity contribution in [2.24, 2.45) is 0 Å². The number of hydrogen-bond donors (Lipinski definition) is 3. The number of H-pyrrole nitrogens is 1. The van der Waals surface area contributed by atoms with Gasteiger partial charge in [-0.2, -0.15) is 4.98 Å². The summed E-state index contributed by atoms with van der Waals surface area (Å²) in [4.78, 5) is 58.6. The molecule has 0 aliphatic carbocycles. The van der Waals surface area contributed by atoms with Gasteiger partial charge in [0, 0.05) is 26.7 Å². The van der Waals surface area contributed by atoms with Crippen LogP contribution in [0.2, 0.25) is 0 Å². The van der Waals surface area contributed by atoms with Gasteiger partial charge in [0.05, 0.1) is 0 Å². The number of imidazole rings is 1. The maximum absolute atomic E-state index is 13.5. The van der Waals surface area contributed by atoms with E-state index in [1.54, 1.807) is 34.6 Å². The molecule has 4 N–H and O–H groups in total. The predicted molar refractivity (Wildman–Crippen MR) is 145 cm³/mol. The van der Waals surface area contributed by atoms with Crippen molar-refractivity contribution in [2.75, 3.05) is 32.5 Å². The number of hydrogen-bond acceptors (Lipinski definition) is 11. The molecule has 0 saturated carbocycles. The zero-order valence-electron chi connectivity index (χ0n) is 24.0. The summed E-state index contributed by atoms with van der Waals surface area (Å²) in [5.74, 6) is -1.21. The first-order valence-electron chi connectivity index (χ1n) is 13.1. The van der Waals surface area contributed by atoms with Crippen molar-refractivity contribution < 1.29 is 33.3 Å². The van der Waals surface area contributed by atoms with Crippen LogP contribution in [0.25, 0.3) is 11.2 Å². The average Bonchev–Trinajstić information content (AvgIpc) is 3.42. The Morgan fingerprint density at radius 1 is 1.27 bits per heavy atom. The van der Waals surface area contributed by atoms with Crippen molar-refractivity contribution >= 4 is 29.3 Å². The van der Waals surface area contributed by atoms with Gasteiger partial charge in [0.15, 0.2) is 23.2 Å². The third-order valence-corrected chi connectivity index (χ3v) is 6.32. The van der Waals surface area contributed by atoms with Crippen LogP contribution in [0.15, 0.2) is 22.2 Å². The topological polar surface area (TPSA) is 194 Å². The minimum absolute atomic E-state index is 0.00100. The van der Waals surface area contributed by atoms with E-state index < -0.39 is 59.4 Å². The van der Waals surface area contributed by atoms with Crippen LogP contribution in [-0.2, 0) is 30.2 Å². The number of rotatable bonds is 8. The number of likely N-dealkylation sites (N-methyl/N-ethyl adjacent to an activating group) is 1. The molecule has 2 aliphatic heterocycles. The molecule has 226 valence electrons. The number of allylic oxidation sites excluding steroid dienone is 1. The number of nitrogens with one attached hydrogen (secondary N) is 2. The van der Waals surface area contributed by atoms with E-state index in [9.17, 15) is 19.2 Å². The molecule has 2 amide bonds. The highest BCUT2D eigenvalue weighted by molar-refractivity contribution is 5.72. The lowest BCUT2D eigenvalue weighted by atomic mass is 10.1. The molecule has 2 fully saturated rings. The fourth-order valence-electron chi connectivity index (χ4n) is 4.72. The summed E-state index contributed by atoms with van der Waals surface area (Å²) in [6.45, 7) is 12.4. The van der Waals surface area contributed by atoms with E-state index in [4.69, 9.17) is 29.4 Å². The van der Waals surface area contributed by atoms with Crippen molar-refractivity contribution in [3.05, 3.63) is 33.5 Å². The Kier molecular flexibility index (Phi) is 8.20. The number of nitrogens with zero attached hydrogens (tertiary/aromatic N) is 4. The Morgan fingerprint density at radius 2 is 1.95 bits per heavy atom. The number of carbonyl (C=O) groups excluding carboxylic acids is 2. The summed E-state index contributed by atoms with van der Waals surface area (Å²) in [5, 5.41) is 2.57. The monoisotopic (exact) mass is 579 g/mol. The number of fused-ring (bicyclic) bond motifs is 2. The van der Waals surface area contributed by atoms with Crippen LogP contribution >= 0.6 is 0 Å². The molecule has 4 rings (SSSR count). The van der Waals surface area contributed by atoms with E-state index in [2.05, 4.69) is 21.9 Å². The van der Waals surface area contributed by atoms with Gasteiger partial charge in [0.25, 0.3) is 5.56 Å². The van der Waals surface area contributed by atoms with Crippen molar-refractivity contribution in [2.45, 2.75) is 77.1 Å². The van der Waals surface area contributed by atoms with Gasteiger partial charge < -0.3 is 39.6 Å². The van der Waals surface area contributed by atoms with Crippen molar-refractivity contribution in [3.8, 4) is 0 Å². The lowest BCUT2D eigenvalue weighted by molar-refractivity contribution is -0.200. The van der Waals surface area contributed by atoms with E-state index in [-0.39, 0.29) is 43.4 Å². The number of aromatic amines is 1. The Balaban J connectivity index is 1.50. The molecule has 4 heterocycles. The predicted octanol–water partition coefficient (Wildman–Crippen LogP) is 0.665. The van der Waals surface area contributed by atoms with Crippen LogP contribution in [0, 0.1) is 0 Å². The van der Waals surface area contributed by atoms with Crippen molar-refractivity contribution in [1.82, 2.24) is 29.3 Å². The van der Waals surface area contributed by atoms with Gasteiger partial charge in [0.2, 0.25) is 5.95 Å². The molecule has 0 unspecified atom stereocenters. The van der Waals surface area contributed by atoms with Gasteiger partial charge in [-0.1, -0.05) is 6.08 Å². The quantitative estimate of drug-likeness (QED) is 0.372. The normalized spacial score (nSPS) is 23.3. The highest BCUT2D eigenvalue weighted by Crippen LogP contribution is 2.43. The van der Waals surface area contributed by atoms with E-state index >= 15 is 0 Å². The summed E-state index contributed by atoms with van der Waals surface area (Å²) in [6, 6.07) is 0. The molecular formula is C25H37N7O9. The van der Waals surface area contributed by atoms with Crippen LogP contribution in [0.3, 0.4) is 0 Å². The summed E-state index contributed by atoms with van der Waals surface area (Å²) in [7, 11) is 1.51. The zero-order chi connectivity index (χ0) is 30.3. The summed E-state index contributed by atoms with van der Waals surface area (Å²) >= 11 is 0. The smallest absolute Gasteiger partial charge is 0.409 e. The molecular weight excluding hydrogens is 542 g/mol. The first-order chi connectivity index (χ1) is 19.1. The van der Waals surface area contributed by atoms with Crippen LogP contribution in [0.4, 0.5) is 15.5 Å². The Bertz CT molecular complexity index is 1440. The largest absolute Gasteiger partial charge is 0.447 e. The molecule has 2 saturated heterocycles. The molecule has 0 radical (unpaired) electrons. The molecule has 16 nitrogen and oxygen atoms in total. The van der Waals surface area contributed by atoms with Gasteiger partial charge in [-0.3, -0.25) is 14.3 Å². The molecule has 16 heteroatoms. The van der Waals surface area contributed by atoms with Gasteiger partial charge in [-0.05, 0) is 34.6 Å². The van der Waals surface area contributed by atoms with Crippen LogP contribution in [-0.4, -0.2) is 92.6 Å². The van der Waals surface area contributed by atoms with Crippen LogP contribution < -0.4 is 22.3 Å². The van der Waals surface area contributed by atoms with Gasteiger partial charge >= 0.3 is 17.9 Å². The summed E-state index contributed by atoms with van der Waals surface area (Å²) in [6.07, 6.45) is -3.21. The SMILES string of the molecule is C=CCn1c(=O)n([C@H]2O[C@@H](COC(=O)N(C)CCNC(=O)OC(C)(C)C)[C@@H]3OC(C)(C)O[C@@H]32)c2nc(N)[nH]c(=O)c21. The zero-order valence-corrected chi connectivity index (χ0v) is 24.0. The minimum Gasteiger partial charge on any atom is -0.447 e. The standard InChI is InChI=1S/C25H37N7O9/c1-8-10-31-14-17(28-20(26)29-18(14)33)32(22(31)35)19-16-15(39-25(5,6)40-16)13(38-19)12-37-23(36)30(7)11-9-27-21(34)41-24(2,3)4/h8,13,15-16,19H,1,9-12H2,2-7H3,(H,27,34)(H3,26,28,29,33)/t13-,15-,16-,19-/m0/s1. The third kappa shape index (κ3) is 6.39. The first-order valence-corrected chi connectivity index (χ1v) is 13.1. The number of alkyl carbamates (subject to hydrolysis) is 1. The molecule has 41 heavy (non-hydrogen) atoms. The number of nitrogens with two attached hydrogens (primary N) is 1. The average molecular weight is 580 g/mol. The highest BCUT2D eigenvalue weighted by Gasteiger charge is 2.57. The van der Waals surface area contributed by atoms with E-state index in [0.29, 0.717) is 0 Å². The molecule has 0 aromatic carbocycles. The number of ether oxygens (including phenoxy) is 5. The van der Waals surface area contributed by atoms with Crippen LogP contribution in [0.1, 0.15) is 40.8 Å². The molecule has 2 aliphatic rings. The van der Waals surface area contributed by atoms with Gasteiger partial charge in [-0.15, -0.1) is 6.58 Å². The maximum Gasteiger partial charge on any atom is 0.409 e. The number of nitrogen functional groups attached to an aromatic ring is 1. The van der Waals surface area contributed by atoms with Gasteiger partial charge in [-0.25, -0.2) is 19.0 Å². The third-order valence-electron chi connectivity index (χ3n) is 6.32. The number of aromatic nitrogens is 4. The second kappa shape index (κ2) is 11.2.